The first-order valence-corrected chi connectivity index (χ1v) is 5.18. The van der Waals surface area contributed by atoms with Crippen molar-refractivity contribution in [1.82, 2.24) is 10.6 Å². The molecule has 2 rings (SSSR count). The molecule has 2 aliphatic heterocycles. The molecule has 0 aromatic carbocycles. The molecule has 0 saturated heterocycles. The van der Waals surface area contributed by atoms with Crippen molar-refractivity contribution < 1.29 is 9.53 Å². The van der Waals surface area contributed by atoms with Gasteiger partial charge in [-0.2, -0.15) is 0 Å². The van der Waals surface area contributed by atoms with E-state index in [1.165, 1.54) is 0 Å². The number of hydrogen-bond donors (Lipinski definition) is 2. The smallest absolute Gasteiger partial charge is 0.346 e. The summed E-state index contributed by atoms with van der Waals surface area (Å²) in [6, 6.07) is 0. The number of hydrogen-bond acceptors (Lipinski definition) is 4. The van der Waals surface area contributed by atoms with E-state index < -0.39 is 5.97 Å². The Morgan fingerprint density at radius 3 is 2.88 bits per heavy atom. The van der Waals surface area contributed by atoms with E-state index in [-0.39, 0.29) is 0 Å². The van der Waals surface area contributed by atoms with Crippen molar-refractivity contribution in [2.24, 2.45) is 0 Å². The van der Waals surface area contributed by atoms with Gasteiger partial charge in [0.1, 0.15) is 0 Å². The molecule has 2 heterocycles. The van der Waals surface area contributed by atoms with Gasteiger partial charge in [-0.25, -0.2) is 4.79 Å². The lowest BCUT2D eigenvalue weighted by molar-refractivity contribution is -0.135. The Kier molecular flexibility index (Phi) is 3.60. The van der Waals surface area contributed by atoms with Crippen LogP contribution in [0.15, 0.2) is 72.6 Å². The molecule has 0 bridgehead atoms. The van der Waals surface area contributed by atoms with Gasteiger partial charge in [-0.05, 0) is 24.3 Å². The number of nitrogens with one attached hydrogen (secondary N) is 2. The molecule has 0 spiro atoms. The maximum atomic E-state index is 11.8. The summed E-state index contributed by atoms with van der Waals surface area (Å²) in [6.45, 7) is 0. The number of ether oxygens (including phenoxy) is 1. The van der Waals surface area contributed by atoms with Gasteiger partial charge in [0.05, 0.1) is 5.57 Å². The van der Waals surface area contributed by atoms with Gasteiger partial charge in [-0.1, -0.05) is 18.2 Å². The molecule has 0 radical (unpaired) electrons. The first-order valence-electron chi connectivity index (χ1n) is 5.18. The van der Waals surface area contributed by atoms with E-state index in [4.69, 9.17) is 4.74 Å². The highest BCUT2D eigenvalue weighted by Gasteiger charge is 2.11. The first kappa shape index (κ1) is 11.0. The van der Waals surface area contributed by atoms with E-state index >= 15 is 0 Å². The van der Waals surface area contributed by atoms with Crippen LogP contribution in [0.1, 0.15) is 0 Å². The second-order valence-electron chi connectivity index (χ2n) is 3.29. The van der Waals surface area contributed by atoms with E-state index in [1.54, 1.807) is 49.0 Å². The van der Waals surface area contributed by atoms with Gasteiger partial charge in [0.15, 0.2) is 0 Å². The zero-order valence-corrected chi connectivity index (χ0v) is 9.09. The average Bonchev–Trinajstić information content (AvgIpc) is 2.72. The molecule has 2 aliphatic rings. The lowest BCUT2D eigenvalue weighted by Gasteiger charge is -2.07. The SMILES string of the molecule is O=C(OC1=CC=CC=CN1)C1=CNC=CC=C1. The molecule has 0 fully saturated rings. The summed E-state index contributed by atoms with van der Waals surface area (Å²) in [5.41, 5.74) is 0.454. The van der Waals surface area contributed by atoms with Crippen LogP contribution in [-0.2, 0) is 9.53 Å². The number of carbonyl (C=O) groups excluding carboxylic acids is 1. The molecule has 0 aliphatic carbocycles. The Morgan fingerprint density at radius 1 is 1.06 bits per heavy atom. The summed E-state index contributed by atoms with van der Waals surface area (Å²) in [6.07, 6.45) is 17.4. The van der Waals surface area contributed by atoms with Crippen LogP contribution in [0, 0.1) is 0 Å². The van der Waals surface area contributed by atoms with Gasteiger partial charge in [0.25, 0.3) is 0 Å². The normalized spacial score (nSPS) is 17.2. The maximum absolute atomic E-state index is 11.8. The van der Waals surface area contributed by atoms with Crippen molar-refractivity contribution in [1.29, 1.82) is 0 Å². The monoisotopic (exact) mass is 228 g/mol. The fraction of sp³-hybridized carbons (Fsp3) is 0. The minimum atomic E-state index is -0.417. The molecule has 0 aromatic heterocycles. The van der Waals surface area contributed by atoms with Crippen LogP contribution < -0.4 is 10.6 Å². The topological polar surface area (TPSA) is 50.4 Å². The summed E-state index contributed by atoms with van der Waals surface area (Å²) in [5, 5.41) is 5.71. The number of rotatable bonds is 2. The second kappa shape index (κ2) is 5.55. The fourth-order valence-electron chi connectivity index (χ4n) is 1.25. The molecule has 4 heteroatoms. The molecule has 2 N–H and O–H groups in total. The van der Waals surface area contributed by atoms with E-state index in [2.05, 4.69) is 10.6 Å². The van der Waals surface area contributed by atoms with Crippen LogP contribution in [0.4, 0.5) is 0 Å². The highest BCUT2D eigenvalue weighted by atomic mass is 16.5. The molecule has 0 amide bonds. The summed E-state index contributed by atoms with van der Waals surface area (Å²) < 4.78 is 5.19. The zero-order valence-electron chi connectivity index (χ0n) is 9.09. The zero-order chi connectivity index (χ0) is 11.9. The summed E-state index contributed by atoms with van der Waals surface area (Å²) >= 11 is 0. The van der Waals surface area contributed by atoms with Crippen molar-refractivity contribution in [3.8, 4) is 0 Å². The lowest BCUT2D eigenvalue weighted by atomic mass is 10.2. The van der Waals surface area contributed by atoms with E-state index in [0.717, 1.165) is 0 Å². The van der Waals surface area contributed by atoms with Crippen molar-refractivity contribution >= 4 is 5.97 Å². The highest BCUT2D eigenvalue weighted by Crippen LogP contribution is 2.06. The first-order chi connectivity index (χ1) is 8.36. The third kappa shape index (κ3) is 3.24. The predicted molar refractivity (Wildman–Crippen MR) is 65.1 cm³/mol. The molecule has 0 unspecified atom stereocenters. The molecular formula is C13H12N2O2. The summed E-state index contributed by atoms with van der Waals surface area (Å²) in [5.74, 6) is -0.0218. The summed E-state index contributed by atoms with van der Waals surface area (Å²) in [7, 11) is 0. The Hall–Kier alpha value is -2.49. The third-order valence-corrected chi connectivity index (χ3v) is 2.05. The molecule has 0 atom stereocenters. The minimum absolute atomic E-state index is 0.395. The molecule has 0 saturated carbocycles. The maximum Gasteiger partial charge on any atom is 0.346 e. The molecule has 86 valence electrons. The number of carbonyl (C=O) groups is 1. The number of esters is 1. The van der Waals surface area contributed by atoms with Crippen molar-refractivity contribution in [3.05, 3.63) is 72.6 Å². The van der Waals surface area contributed by atoms with Crippen LogP contribution in [0.2, 0.25) is 0 Å². The largest absolute Gasteiger partial charge is 0.406 e. The van der Waals surface area contributed by atoms with Gasteiger partial charge in [-0.15, -0.1) is 0 Å². The van der Waals surface area contributed by atoms with Crippen LogP contribution in [0.5, 0.6) is 0 Å². The molecular weight excluding hydrogens is 216 g/mol. The fourth-order valence-corrected chi connectivity index (χ4v) is 1.25. The molecule has 0 aromatic rings. The van der Waals surface area contributed by atoms with E-state index in [9.17, 15) is 4.79 Å². The highest BCUT2D eigenvalue weighted by molar-refractivity contribution is 5.92. The van der Waals surface area contributed by atoms with Gasteiger partial charge < -0.3 is 15.4 Å². The Morgan fingerprint density at radius 2 is 1.94 bits per heavy atom. The van der Waals surface area contributed by atoms with E-state index in [0.29, 0.717) is 11.5 Å². The summed E-state index contributed by atoms with van der Waals surface area (Å²) in [4.78, 5) is 11.8. The predicted octanol–water partition coefficient (Wildman–Crippen LogP) is 1.60. The van der Waals surface area contributed by atoms with Crippen LogP contribution in [0.3, 0.4) is 0 Å². The van der Waals surface area contributed by atoms with Gasteiger partial charge in [0.2, 0.25) is 5.88 Å². The van der Waals surface area contributed by atoms with Crippen LogP contribution >= 0.6 is 0 Å². The quantitative estimate of drug-likeness (QED) is 0.705. The standard InChI is InChI=1S/C13H12N2O2/c16-13(11-6-3-5-8-14-10-11)17-12-7-2-1-4-9-15-12/h1-10,14-15H. The van der Waals surface area contributed by atoms with Crippen molar-refractivity contribution in [2.45, 2.75) is 0 Å². The van der Waals surface area contributed by atoms with E-state index in [1.807, 2.05) is 12.2 Å². The van der Waals surface area contributed by atoms with Gasteiger partial charge in [0, 0.05) is 18.6 Å². The van der Waals surface area contributed by atoms with Crippen LogP contribution in [-0.4, -0.2) is 5.97 Å². The molecule has 17 heavy (non-hydrogen) atoms. The second-order valence-corrected chi connectivity index (χ2v) is 3.29. The third-order valence-electron chi connectivity index (χ3n) is 2.05. The minimum Gasteiger partial charge on any atom is -0.406 e. The lowest BCUT2D eigenvalue weighted by Crippen LogP contribution is -2.15. The van der Waals surface area contributed by atoms with Crippen molar-refractivity contribution in [2.75, 3.05) is 0 Å². The Labute approximate surface area is 99.3 Å². The van der Waals surface area contributed by atoms with Crippen molar-refractivity contribution in [3.63, 3.8) is 0 Å². The Balaban J connectivity index is 2.02. The van der Waals surface area contributed by atoms with Gasteiger partial charge in [-0.3, -0.25) is 0 Å². The van der Waals surface area contributed by atoms with Crippen LogP contribution in [0.25, 0.3) is 0 Å². The Bertz CT molecular complexity index is 480. The van der Waals surface area contributed by atoms with Gasteiger partial charge >= 0.3 is 5.97 Å². The average molecular weight is 228 g/mol. The number of allylic oxidation sites excluding steroid dienone is 6. The molecule has 4 nitrogen and oxygen atoms in total.